The lowest BCUT2D eigenvalue weighted by Crippen LogP contribution is -2.22. The number of nitrogens with zero attached hydrogens (tertiary/aromatic N) is 1. The molecule has 2 nitrogen and oxygen atoms in total. The molecule has 1 aliphatic heterocycles. The fraction of sp³-hybridized carbons (Fsp3) is 0.417. The predicted octanol–water partition coefficient (Wildman–Crippen LogP) is 2.69. The van der Waals surface area contributed by atoms with Crippen LogP contribution in [-0.2, 0) is 5.41 Å². The van der Waals surface area contributed by atoms with E-state index in [2.05, 4.69) is 0 Å². The SMILES string of the molecule is CC1(C)CCN(F)C(=O)c2ccccc21. The highest BCUT2D eigenvalue weighted by Gasteiger charge is 2.32. The van der Waals surface area contributed by atoms with Gasteiger partial charge in [-0.1, -0.05) is 36.5 Å². The van der Waals surface area contributed by atoms with Gasteiger partial charge in [-0.25, -0.2) is 0 Å². The van der Waals surface area contributed by atoms with Crippen LogP contribution >= 0.6 is 0 Å². The van der Waals surface area contributed by atoms with Crippen molar-refractivity contribution in [1.29, 1.82) is 0 Å². The number of amides is 1. The van der Waals surface area contributed by atoms with Crippen molar-refractivity contribution >= 4 is 5.91 Å². The third kappa shape index (κ3) is 1.62. The monoisotopic (exact) mass is 207 g/mol. The number of halogens is 1. The standard InChI is InChI=1S/C12H14FNO/c1-12(2)7-8-14(13)11(15)9-5-3-4-6-10(9)12/h3-6H,7-8H2,1-2H3. The molecule has 2 rings (SSSR count). The average Bonchev–Trinajstić information content (AvgIpc) is 2.31. The Hall–Kier alpha value is -1.38. The summed E-state index contributed by atoms with van der Waals surface area (Å²) in [5.74, 6) is -0.517. The van der Waals surface area contributed by atoms with E-state index in [0.29, 0.717) is 17.1 Å². The molecule has 0 aromatic heterocycles. The van der Waals surface area contributed by atoms with E-state index in [1.165, 1.54) is 0 Å². The van der Waals surface area contributed by atoms with Gasteiger partial charge in [-0.3, -0.25) is 4.79 Å². The van der Waals surface area contributed by atoms with E-state index in [1.54, 1.807) is 12.1 Å². The van der Waals surface area contributed by atoms with Gasteiger partial charge < -0.3 is 0 Å². The molecule has 3 heteroatoms. The lowest BCUT2D eigenvalue weighted by atomic mass is 9.80. The number of carbonyl (C=O) groups excluding carboxylic acids is 1. The second kappa shape index (κ2) is 3.33. The smallest absolute Gasteiger partial charge is 0.266 e. The number of fused-ring (bicyclic) bond motifs is 1. The van der Waals surface area contributed by atoms with Crippen LogP contribution in [0.2, 0.25) is 0 Å². The summed E-state index contributed by atoms with van der Waals surface area (Å²) in [5.41, 5.74) is 1.28. The van der Waals surface area contributed by atoms with Crippen molar-refractivity contribution in [2.45, 2.75) is 25.7 Å². The molecule has 1 aliphatic rings. The molecule has 0 fully saturated rings. The van der Waals surface area contributed by atoms with Gasteiger partial charge in [0.1, 0.15) is 0 Å². The van der Waals surface area contributed by atoms with Crippen molar-refractivity contribution in [2.75, 3.05) is 6.54 Å². The zero-order chi connectivity index (χ0) is 11.1. The number of benzene rings is 1. The molecule has 0 saturated carbocycles. The van der Waals surface area contributed by atoms with Gasteiger partial charge >= 0.3 is 0 Å². The van der Waals surface area contributed by atoms with Crippen LogP contribution in [0.4, 0.5) is 4.48 Å². The Morgan fingerprint density at radius 1 is 1.33 bits per heavy atom. The van der Waals surface area contributed by atoms with Gasteiger partial charge in [0.05, 0.1) is 6.54 Å². The lowest BCUT2D eigenvalue weighted by Gasteiger charge is -2.23. The normalized spacial score (nSPS) is 19.7. The number of hydrogen-bond donors (Lipinski definition) is 0. The highest BCUT2D eigenvalue weighted by atomic mass is 19.2. The summed E-state index contributed by atoms with van der Waals surface area (Å²) in [5, 5.41) is 0.313. The Morgan fingerprint density at radius 3 is 2.73 bits per heavy atom. The second-order valence-electron chi connectivity index (χ2n) is 4.57. The van der Waals surface area contributed by atoms with Crippen molar-refractivity contribution in [2.24, 2.45) is 0 Å². The molecule has 0 saturated heterocycles. The molecule has 1 heterocycles. The Labute approximate surface area is 88.6 Å². The first-order valence-corrected chi connectivity index (χ1v) is 5.09. The van der Waals surface area contributed by atoms with Crippen LogP contribution in [-0.4, -0.2) is 17.6 Å². The summed E-state index contributed by atoms with van der Waals surface area (Å²) >= 11 is 0. The summed E-state index contributed by atoms with van der Waals surface area (Å²) in [7, 11) is 0. The predicted molar refractivity (Wildman–Crippen MR) is 56.2 cm³/mol. The Balaban J connectivity index is 2.60. The molecule has 0 aliphatic carbocycles. The first kappa shape index (κ1) is 10.1. The molecule has 0 N–H and O–H groups in total. The minimum Gasteiger partial charge on any atom is -0.266 e. The third-order valence-corrected chi connectivity index (χ3v) is 3.04. The maximum atomic E-state index is 13.3. The molecule has 80 valence electrons. The van der Waals surface area contributed by atoms with E-state index in [1.807, 2.05) is 26.0 Å². The Morgan fingerprint density at radius 2 is 2.00 bits per heavy atom. The maximum absolute atomic E-state index is 13.3. The van der Waals surface area contributed by atoms with Crippen molar-refractivity contribution in [1.82, 2.24) is 5.12 Å². The molecule has 0 unspecified atom stereocenters. The van der Waals surface area contributed by atoms with Crippen LogP contribution in [0.5, 0.6) is 0 Å². The summed E-state index contributed by atoms with van der Waals surface area (Å²) in [6.45, 7) is 4.25. The molecule has 1 aromatic carbocycles. The van der Waals surface area contributed by atoms with Gasteiger partial charge in [0.2, 0.25) is 0 Å². The van der Waals surface area contributed by atoms with Gasteiger partial charge in [-0.2, -0.15) is 5.12 Å². The van der Waals surface area contributed by atoms with Crippen molar-refractivity contribution in [3.8, 4) is 0 Å². The van der Waals surface area contributed by atoms with Crippen LogP contribution in [0.1, 0.15) is 36.2 Å². The molecule has 0 atom stereocenters. The van der Waals surface area contributed by atoms with E-state index in [9.17, 15) is 9.28 Å². The van der Waals surface area contributed by atoms with Crippen LogP contribution in [0.15, 0.2) is 24.3 Å². The van der Waals surface area contributed by atoms with Crippen LogP contribution in [0.25, 0.3) is 0 Å². The van der Waals surface area contributed by atoms with Crippen LogP contribution in [0.3, 0.4) is 0 Å². The van der Waals surface area contributed by atoms with Crippen molar-refractivity contribution in [3.63, 3.8) is 0 Å². The van der Waals surface area contributed by atoms with E-state index >= 15 is 0 Å². The molecule has 0 bridgehead atoms. The highest BCUT2D eigenvalue weighted by Crippen LogP contribution is 2.33. The number of carbonyl (C=O) groups is 1. The topological polar surface area (TPSA) is 20.3 Å². The Bertz CT molecular complexity index is 400. The van der Waals surface area contributed by atoms with Crippen molar-refractivity contribution in [3.05, 3.63) is 35.4 Å². The van der Waals surface area contributed by atoms with E-state index in [4.69, 9.17) is 0 Å². The zero-order valence-corrected chi connectivity index (χ0v) is 8.96. The fourth-order valence-electron chi connectivity index (χ4n) is 2.00. The maximum Gasteiger partial charge on any atom is 0.281 e. The van der Waals surface area contributed by atoms with E-state index in [-0.39, 0.29) is 12.0 Å². The Kier molecular flexibility index (Phi) is 2.25. The summed E-state index contributed by atoms with van der Waals surface area (Å²) in [4.78, 5) is 11.7. The first-order valence-electron chi connectivity index (χ1n) is 5.09. The summed E-state index contributed by atoms with van der Waals surface area (Å²) in [6.07, 6.45) is 0.645. The highest BCUT2D eigenvalue weighted by molar-refractivity contribution is 5.95. The summed E-state index contributed by atoms with van der Waals surface area (Å²) in [6, 6.07) is 7.26. The lowest BCUT2D eigenvalue weighted by molar-refractivity contribution is 0.0189. The van der Waals surface area contributed by atoms with Gasteiger partial charge in [0.15, 0.2) is 0 Å². The summed E-state index contributed by atoms with van der Waals surface area (Å²) < 4.78 is 13.3. The van der Waals surface area contributed by atoms with Gasteiger partial charge in [-0.05, 0) is 23.5 Å². The van der Waals surface area contributed by atoms with Gasteiger partial charge in [-0.15, -0.1) is 0 Å². The van der Waals surface area contributed by atoms with E-state index in [0.717, 1.165) is 5.56 Å². The molecule has 15 heavy (non-hydrogen) atoms. The third-order valence-electron chi connectivity index (χ3n) is 3.04. The average molecular weight is 207 g/mol. The molecule has 0 radical (unpaired) electrons. The van der Waals surface area contributed by atoms with Crippen LogP contribution < -0.4 is 0 Å². The quantitative estimate of drug-likeness (QED) is 0.599. The molecular formula is C12H14FNO. The number of hydrogen-bond acceptors (Lipinski definition) is 1. The van der Waals surface area contributed by atoms with Crippen LogP contribution in [0, 0.1) is 0 Å². The molecule has 0 spiro atoms. The second-order valence-corrected chi connectivity index (χ2v) is 4.57. The minimum absolute atomic E-state index is 0.146. The van der Waals surface area contributed by atoms with Crippen molar-refractivity contribution < 1.29 is 9.28 Å². The van der Waals surface area contributed by atoms with E-state index < -0.39 is 5.91 Å². The molecule has 1 aromatic rings. The largest absolute Gasteiger partial charge is 0.281 e. The molecule has 1 amide bonds. The van der Waals surface area contributed by atoms with Gasteiger partial charge in [0, 0.05) is 5.56 Å². The number of rotatable bonds is 0. The first-order chi connectivity index (χ1) is 7.02. The molecular weight excluding hydrogens is 193 g/mol. The fourth-order valence-corrected chi connectivity index (χ4v) is 2.00. The minimum atomic E-state index is -0.517. The van der Waals surface area contributed by atoms with Gasteiger partial charge in [0.25, 0.3) is 5.91 Å². The zero-order valence-electron chi connectivity index (χ0n) is 8.96.